The molecule has 1 atom stereocenters. The lowest BCUT2D eigenvalue weighted by molar-refractivity contribution is -0.119. The lowest BCUT2D eigenvalue weighted by Gasteiger charge is -2.05. The molecule has 0 aliphatic rings. The number of Topliss-reactive ketones (excluding diaryl/α,β-unsaturated/α-hetero) is 1. The monoisotopic (exact) mass is 215 g/mol. The Balaban J connectivity index is 2.86. The Bertz CT molecular complexity index is 352. The van der Waals surface area contributed by atoms with Gasteiger partial charge in [0.2, 0.25) is 0 Å². The third-order valence-corrected chi connectivity index (χ3v) is 2.12. The average Bonchev–Trinajstić information content (AvgIpc) is 2.11. The van der Waals surface area contributed by atoms with E-state index in [0.717, 1.165) is 0 Å². The van der Waals surface area contributed by atoms with Crippen LogP contribution in [0.1, 0.15) is 12.5 Å². The summed E-state index contributed by atoms with van der Waals surface area (Å²) in [7, 11) is 0. The highest BCUT2D eigenvalue weighted by molar-refractivity contribution is 6.30. The van der Waals surface area contributed by atoms with Crippen molar-refractivity contribution >= 4 is 17.4 Å². The van der Waals surface area contributed by atoms with Gasteiger partial charge in [-0.25, -0.2) is 4.39 Å². The standard InChI is InChI=1S/C10H11ClFNO/c1-6(13)10(14)5-7-4-8(11)2-3-9(7)12/h2-4,6H,5,13H2,1H3. The Morgan fingerprint density at radius 2 is 2.29 bits per heavy atom. The fourth-order valence-electron chi connectivity index (χ4n) is 1.03. The molecule has 0 saturated heterocycles. The predicted octanol–water partition coefficient (Wildman–Crippen LogP) is 1.94. The van der Waals surface area contributed by atoms with Crippen molar-refractivity contribution in [3.63, 3.8) is 0 Å². The molecule has 14 heavy (non-hydrogen) atoms. The molecule has 1 unspecified atom stereocenters. The van der Waals surface area contributed by atoms with E-state index in [9.17, 15) is 9.18 Å². The molecule has 0 heterocycles. The summed E-state index contributed by atoms with van der Waals surface area (Å²) in [6.45, 7) is 1.57. The summed E-state index contributed by atoms with van der Waals surface area (Å²) >= 11 is 5.67. The number of carbonyl (C=O) groups excluding carboxylic acids is 1. The van der Waals surface area contributed by atoms with Crippen molar-refractivity contribution in [3.05, 3.63) is 34.6 Å². The summed E-state index contributed by atoms with van der Waals surface area (Å²) in [5, 5.41) is 0.416. The average molecular weight is 216 g/mol. The molecule has 2 nitrogen and oxygen atoms in total. The van der Waals surface area contributed by atoms with Gasteiger partial charge < -0.3 is 5.73 Å². The second-order valence-electron chi connectivity index (χ2n) is 3.17. The maximum atomic E-state index is 13.1. The van der Waals surface area contributed by atoms with E-state index in [4.69, 9.17) is 17.3 Å². The summed E-state index contributed by atoms with van der Waals surface area (Å²) in [4.78, 5) is 11.2. The molecule has 1 aromatic rings. The summed E-state index contributed by atoms with van der Waals surface area (Å²) < 4.78 is 13.1. The van der Waals surface area contributed by atoms with Crippen LogP contribution in [0.5, 0.6) is 0 Å². The van der Waals surface area contributed by atoms with E-state index in [1.807, 2.05) is 0 Å². The highest BCUT2D eigenvalue weighted by atomic mass is 35.5. The Morgan fingerprint density at radius 3 is 2.86 bits per heavy atom. The van der Waals surface area contributed by atoms with Gasteiger partial charge >= 0.3 is 0 Å². The van der Waals surface area contributed by atoms with Crippen molar-refractivity contribution in [2.45, 2.75) is 19.4 Å². The maximum absolute atomic E-state index is 13.1. The Labute approximate surface area is 86.9 Å². The van der Waals surface area contributed by atoms with Gasteiger partial charge in [0.15, 0.2) is 5.78 Å². The summed E-state index contributed by atoms with van der Waals surface area (Å²) in [6, 6.07) is 3.55. The van der Waals surface area contributed by atoms with E-state index in [2.05, 4.69) is 0 Å². The molecular weight excluding hydrogens is 205 g/mol. The number of halogens is 2. The third-order valence-electron chi connectivity index (χ3n) is 1.88. The minimum Gasteiger partial charge on any atom is -0.322 e. The smallest absolute Gasteiger partial charge is 0.153 e. The van der Waals surface area contributed by atoms with Crippen molar-refractivity contribution in [1.29, 1.82) is 0 Å². The van der Waals surface area contributed by atoms with Gasteiger partial charge in [0.25, 0.3) is 0 Å². The van der Waals surface area contributed by atoms with Crippen LogP contribution in [0.2, 0.25) is 5.02 Å². The molecule has 0 spiro atoms. The summed E-state index contributed by atoms with van der Waals surface area (Å²) in [6.07, 6.45) is -0.00986. The highest BCUT2D eigenvalue weighted by Crippen LogP contribution is 2.15. The Morgan fingerprint density at radius 1 is 1.64 bits per heavy atom. The second-order valence-corrected chi connectivity index (χ2v) is 3.60. The van der Waals surface area contributed by atoms with Crippen LogP contribution in [-0.2, 0) is 11.2 Å². The van der Waals surface area contributed by atoms with Crippen LogP contribution in [0.3, 0.4) is 0 Å². The molecule has 76 valence electrons. The first-order chi connectivity index (χ1) is 6.50. The zero-order valence-corrected chi connectivity index (χ0v) is 8.51. The van der Waals surface area contributed by atoms with Crippen LogP contribution in [-0.4, -0.2) is 11.8 Å². The molecular formula is C10H11ClFNO. The second kappa shape index (κ2) is 4.53. The third kappa shape index (κ3) is 2.79. The largest absolute Gasteiger partial charge is 0.322 e. The zero-order valence-electron chi connectivity index (χ0n) is 7.76. The van der Waals surface area contributed by atoms with E-state index in [1.165, 1.54) is 18.2 Å². The fourth-order valence-corrected chi connectivity index (χ4v) is 1.22. The number of benzene rings is 1. The SMILES string of the molecule is CC(N)C(=O)Cc1cc(Cl)ccc1F. The first-order valence-corrected chi connectivity index (χ1v) is 4.60. The predicted molar refractivity (Wildman–Crippen MR) is 53.8 cm³/mol. The molecule has 0 amide bonds. The van der Waals surface area contributed by atoms with Crippen LogP contribution >= 0.6 is 11.6 Å². The molecule has 0 radical (unpaired) electrons. The van der Waals surface area contributed by atoms with Crippen LogP contribution in [0.4, 0.5) is 4.39 Å². The van der Waals surface area contributed by atoms with Gasteiger partial charge in [-0.3, -0.25) is 4.79 Å². The molecule has 0 aliphatic heterocycles. The molecule has 1 rings (SSSR count). The van der Waals surface area contributed by atoms with Crippen LogP contribution in [0, 0.1) is 5.82 Å². The molecule has 0 bridgehead atoms. The summed E-state index contributed by atoms with van der Waals surface area (Å²) in [5.74, 6) is -0.630. The number of rotatable bonds is 3. The molecule has 4 heteroatoms. The van der Waals surface area contributed by atoms with E-state index < -0.39 is 11.9 Å². The van der Waals surface area contributed by atoms with Gasteiger partial charge in [-0.1, -0.05) is 11.6 Å². The minimum absolute atomic E-state index is 0.00986. The van der Waals surface area contributed by atoms with Crippen molar-refractivity contribution in [3.8, 4) is 0 Å². The van der Waals surface area contributed by atoms with Crippen molar-refractivity contribution < 1.29 is 9.18 Å². The van der Waals surface area contributed by atoms with Crippen LogP contribution in [0.15, 0.2) is 18.2 Å². The van der Waals surface area contributed by atoms with Gasteiger partial charge in [0.1, 0.15) is 5.82 Å². The van der Waals surface area contributed by atoms with Gasteiger partial charge in [-0.2, -0.15) is 0 Å². The molecule has 0 aromatic heterocycles. The maximum Gasteiger partial charge on any atom is 0.153 e. The van der Waals surface area contributed by atoms with E-state index in [0.29, 0.717) is 10.6 Å². The number of ketones is 1. The molecule has 0 fully saturated rings. The Hall–Kier alpha value is -0.930. The molecule has 1 aromatic carbocycles. The number of hydrogen-bond acceptors (Lipinski definition) is 2. The molecule has 0 saturated carbocycles. The normalized spacial score (nSPS) is 12.6. The lowest BCUT2D eigenvalue weighted by atomic mass is 10.0. The van der Waals surface area contributed by atoms with E-state index >= 15 is 0 Å². The van der Waals surface area contributed by atoms with Gasteiger partial charge in [0.05, 0.1) is 6.04 Å². The van der Waals surface area contributed by atoms with Crippen LogP contribution < -0.4 is 5.73 Å². The zero-order chi connectivity index (χ0) is 10.7. The first kappa shape index (κ1) is 11.1. The quantitative estimate of drug-likeness (QED) is 0.838. The van der Waals surface area contributed by atoms with Crippen molar-refractivity contribution in [1.82, 2.24) is 0 Å². The fraction of sp³-hybridized carbons (Fsp3) is 0.300. The van der Waals surface area contributed by atoms with Gasteiger partial charge in [-0.15, -0.1) is 0 Å². The van der Waals surface area contributed by atoms with Crippen molar-refractivity contribution in [2.24, 2.45) is 5.73 Å². The number of hydrogen-bond donors (Lipinski definition) is 1. The summed E-state index contributed by atoms with van der Waals surface area (Å²) in [5.41, 5.74) is 5.66. The van der Waals surface area contributed by atoms with Gasteiger partial charge in [0, 0.05) is 11.4 Å². The Kier molecular flexibility index (Phi) is 3.61. The topological polar surface area (TPSA) is 43.1 Å². The van der Waals surface area contributed by atoms with Crippen molar-refractivity contribution in [2.75, 3.05) is 0 Å². The van der Waals surface area contributed by atoms with Crippen LogP contribution in [0.25, 0.3) is 0 Å². The van der Waals surface area contributed by atoms with E-state index in [-0.39, 0.29) is 12.2 Å². The number of nitrogens with two attached hydrogens (primary N) is 1. The molecule has 0 aliphatic carbocycles. The van der Waals surface area contributed by atoms with Gasteiger partial charge in [-0.05, 0) is 30.7 Å². The number of carbonyl (C=O) groups is 1. The lowest BCUT2D eigenvalue weighted by Crippen LogP contribution is -2.28. The van der Waals surface area contributed by atoms with E-state index in [1.54, 1.807) is 6.92 Å². The molecule has 2 N–H and O–H groups in total. The minimum atomic E-state index is -0.576. The first-order valence-electron chi connectivity index (χ1n) is 4.23. The highest BCUT2D eigenvalue weighted by Gasteiger charge is 2.11.